The number of phenols is 3. The van der Waals surface area contributed by atoms with E-state index in [1.54, 1.807) is 0 Å². The molecule has 3 saturated heterocycles. The molecule has 3 aliphatic rings. The van der Waals surface area contributed by atoms with Gasteiger partial charge in [0.15, 0.2) is 35.6 Å². The minimum atomic E-state index is -2.05. The van der Waals surface area contributed by atoms with E-state index in [9.17, 15) is 70.9 Å². The lowest BCUT2D eigenvalue weighted by Gasteiger charge is -2.46. The monoisotopic (exact) mass is 770 g/mol. The van der Waals surface area contributed by atoms with E-state index < -0.39 is 133 Å². The lowest BCUT2D eigenvalue weighted by molar-refractivity contribution is -0.355. The highest BCUT2D eigenvalue weighted by Crippen LogP contribution is 2.37. The highest BCUT2D eigenvalue weighted by atomic mass is 16.7. The molecule has 6 rings (SSSR count). The van der Waals surface area contributed by atoms with Crippen LogP contribution in [0.5, 0.6) is 23.0 Å². The van der Waals surface area contributed by atoms with Gasteiger partial charge in [-0.3, -0.25) is 4.79 Å². The van der Waals surface area contributed by atoms with Gasteiger partial charge in [0.25, 0.3) is 0 Å². The molecule has 3 aromatic rings. The summed E-state index contributed by atoms with van der Waals surface area (Å²) in [4.78, 5) is 25.0. The summed E-state index contributed by atoms with van der Waals surface area (Å²) in [5, 5.41) is 124. The molecule has 0 spiro atoms. The Kier molecular flexibility index (Phi) is 11.3. The number of rotatable bonds is 9. The summed E-state index contributed by atoms with van der Waals surface area (Å²) >= 11 is 0. The first kappa shape index (κ1) is 39.5. The third-order valence-corrected chi connectivity index (χ3v) is 9.26. The maximum Gasteiger partial charge on any atom is 0.335 e. The average Bonchev–Trinajstić information content (AvgIpc) is 3.12. The Morgan fingerprint density at radius 2 is 1.41 bits per heavy atom. The second-order valence-corrected chi connectivity index (χ2v) is 13.0. The van der Waals surface area contributed by atoms with Crippen LogP contribution in [0.4, 0.5) is 0 Å². The van der Waals surface area contributed by atoms with Gasteiger partial charge in [-0.2, -0.15) is 0 Å². The van der Waals surface area contributed by atoms with E-state index in [1.807, 2.05) is 0 Å². The molecule has 0 amide bonds. The minimum absolute atomic E-state index is 0.0930. The molecule has 3 fully saturated rings. The number of carboxylic acid groups (broad SMARTS) is 1. The van der Waals surface area contributed by atoms with Crippen LogP contribution in [0, 0.1) is 0 Å². The van der Waals surface area contributed by atoms with Gasteiger partial charge in [-0.1, -0.05) is 0 Å². The van der Waals surface area contributed by atoms with Crippen LogP contribution < -0.4 is 10.2 Å². The number of aliphatic carboxylic acids is 1. The molecule has 0 radical (unpaired) electrons. The number of aliphatic hydroxyl groups is 8. The highest BCUT2D eigenvalue weighted by molar-refractivity contribution is 5.86. The van der Waals surface area contributed by atoms with Crippen molar-refractivity contribution >= 4 is 16.9 Å². The van der Waals surface area contributed by atoms with Crippen LogP contribution in [-0.2, 0) is 28.5 Å². The van der Waals surface area contributed by atoms with Crippen LogP contribution in [-0.4, -0.2) is 166 Å². The first-order valence-electron chi connectivity index (χ1n) is 16.4. The van der Waals surface area contributed by atoms with E-state index >= 15 is 0 Å². The normalized spacial score (nSPS) is 37.2. The van der Waals surface area contributed by atoms with Crippen molar-refractivity contribution in [2.75, 3.05) is 6.61 Å². The topological polar surface area (TPSA) is 345 Å². The van der Waals surface area contributed by atoms with Crippen LogP contribution in [0.15, 0.2) is 45.6 Å². The van der Waals surface area contributed by atoms with Crippen molar-refractivity contribution in [2.45, 2.75) is 99.0 Å². The zero-order valence-corrected chi connectivity index (χ0v) is 27.9. The fourth-order valence-electron chi connectivity index (χ4n) is 6.23. The van der Waals surface area contributed by atoms with Gasteiger partial charge in [0.05, 0.1) is 12.7 Å². The molecule has 54 heavy (non-hydrogen) atoms. The molecule has 12 N–H and O–H groups in total. The first-order chi connectivity index (χ1) is 25.5. The van der Waals surface area contributed by atoms with Gasteiger partial charge in [-0.05, 0) is 25.1 Å². The van der Waals surface area contributed by atoms with Gasteiger partial charge in [0, 0.05) is 23.8 Å². The van der Waals surface area contributed by atoms with Crippen molar-refractivity contribution in [3.05, 3.63) is 46.6 Å². The molecule has 21 nitrogen and oxygen atoms in total. The van der Waals surface area contributed by atoms with Crippen molar-refractivity contribution in [1.82, 2.24) is 0 Å². The third-order valence-electron chi connectivity index (χ3n) is 9.26. The van der Waals surface area contributed by atoms with Gasteiger partial charge in [-0.25, -0.2) is 4.79 Å². The number of hydrogen-bond acceptors (Lipinski definition) is 20. The number of carboxylic acids is 1. The van der Waals surface area contributed by atoms with Gasteiger partial charge < -0.3 is 94.1 Å². The van der Waals surface area contributed by atoms with Crippen molar-refractivity contribution in [3.63, 3.8) is 0 Å². The summed E-state index contributed by atoms with van der Waals surface area (Å²) in [6.07, 6.45) is -27.7. The zero-order chi connectivity index (χ0) is 39.3. The highest BCUT2D eigenvalue weighted by Gasteiger charge is 2.52. The smallest absolute Gasteiger partial charge is 0.335 e. The Bertz CT molecular complexity index is 1880. The lowest BCUT2D eigenvalue weighted by Crippen LogP contribution is -2.65. The van der Waals surface area contributed by atoms with Gasteiger partial charge in [0.1, 0.15) is 89.3 Å². The third kappa shape index (κ3) is 7.54. The largest absolute Gasteiger partial charge is 0.508 e. The molecule has 296 valence electrons. The molecule has 0 aliphatic carbocycles. The number of ether oxygens (including phenoxy) is 6. The summed E-state index contributed by atoms with van der Waals surface area (Å²) in [5.41, 5.74) is -0.847. The van der Waals surface area contributed by atoms with Gasteiger partial charge >= 0.3 is 5.97 Å². The molecule has 4 heterocycles. The fraction of sp³-hybridized carbons (Fsp3) is 0.515. The molecule has 21 heteroatoms. The van der Waals surface area contributed by atoms with Crippen LogP contribution in [0.2, 0.25) is 0 Å². The SMILES string of the molecule is CC1OC(OC2C(O)C(COC3OC(C(=O)O)C(O)C(O)C3O)OC(Oc3cc(O)cc4oc(-c5ccc(O)c(O)c5)cc(=O)c34)C2O)C(O)C(O)C1O. The number of phenolic OH excluding ortho intramolecular Hbond substituents is 3. The predicted octanol–water partition coefficient (Wildman–Crippen LogP) is -3.48. The van der Waals surface area contributed by atoms with Crippen LogP contribution in [0.25, 0.3) is 22.3 Å². The van der Waals surface area contributed by atoms with Crippen LogP contribution in [0.3, 0.4) is 0 Å². The molecule has 15 atom stereocenters. The average molecular weight is 771 g/mol. The second-order valence-electron chi connectivity index (χ2n) is 13.0. The maximum atomic E-state index is 13.5. The molecule has 2 aromatic carbocycles. The van der Waals surface area contributed by atoms with E-state index in [2.05, 4.69) is 0 Å². The van der Waals surface area contributed by atoms with E-state index in [0.717, 1.165) is 30.3 Å². The van der Waals surface area contributed by atoms with Crippen molar-refractivity contribution in [2.24, 2.45) is 0 Å². The Hall–Kier alpha value is -4.20. The van der Waals surface area contributed by atoms with E-state index in [1.165, 1.54) is 13.0 Å². The minimum Gasteiger partial charge on any atom is -0.508 e. The van der Waals surface area contributed by atoms with Crippen molar-refractivity contribution in [1.29, 1.82) is 0 Å². The van der Waals surface area contributed by atoms with Crippen LogP contribution >= 0.6 is 0 Å². The maximum absolute atomic E-state index is 13.5. The zero-order valence-electron chi connectivity index (χ0n) is 27.9. The summed E-state index contributed by atoms with van der Waals surface area (Å²) in [5.74, 6) is -3.70. The summed E-state index contributed by atoms with van der Waals surface area (Å²) < 4.78 is 39.1. The number of benzene rings is 2. The molecule has 15 unspecified atom stereocenters. The standard InChI is InChI=1S/C33H38O21/c1-9-20(38)22(40)26(44)32(49-9)53-28-21(39)18(8-48-31-25(43)23(41)24(42)29(54-31)30(46)47)52-33(27(28)45)51-17-6-11(34)5-16-19(17)14(37)7-15(50-16)10-2-3-12(35)13(36)4-10/h2-7,9,18,20-29,31-36,38-45H,8H2,1H3,(H,46,47). The number of fused-ring (bicyclic) bond motifs is 1. The fourth-order valence-corrected chi connectivity index (χ4v) is 6.23. The second kappa shape index (κ2) is 15.5. The van der Waals surface area contributed by atoms with E-state index in [-0.39, 0.29) is 22.3 Å². The Labute approximate surface area is 302 Å². The quantitative estimate of drug-likeness (QED) is 0.0940. The Morgan fingerprint density at radius 3 is 2.09 bits per heavy atom. The number of aliphatic hydroxyl groups excluding tert-OH is 8. The predicted molar refractivity (Wildman–Crippen MR) is 172 cm³/mol. The molecule has 3 aliphatic heterocycles. The van der Waals surface area contributed by atoms with E-state index in [4.69, 9.17) is 32.8 Å². The number of aromatic hydroxyl groups is 3. The molecule has 0 bridgehead atoms. The summed E-state index contributed by atoms with van der Waals surface area (Å²) in [6.45, 7) is 0.511. The summed E-state index contributed by atoms with van der Waals surface area (Å²) in [7, 11) is 0. The van der Waals surface area contributed by atoms with E-state index in [0.29, 0.717) is 0 Å². The van der Waals surface area contributed by atoms with Gasteiger partial charge in [-0.15, -0.1) is 0 Å². The van der Waals surface area contributed by atoms with Crippen molar-refractivity contribution in [3.8, 4) is 34.3 Å². The Morgan fingerprint density at radius 1 is 0.722 bits per heavy atom. The molecular weight excluding hydrogens is 732 g/mol. The number of carbonyl (C=O) groups is 1. The molecule has 0 saturated carbocycles. The number of hydrogen-bond donors (Lipinski definition) is 12. The van der Waals surface area contributed by atoms with Crippen molar-refractivity contribution < 1.29 is 98.9 Å². The van der Waals surface area contributed by atoms with Gasteiger partial charge in [0.2, 0.25) is 6.29 Å². The summed E-state index contributed by atoms with van der Waals surface area (Å²) in [6, 6.07) is 6.65. The Balaban J connectivity index is 1.31. The first-order valence-corrected chi connectivity index (χ1v) is 16.4. The van der Waals surface area contributed by atoms with Crippen LogP contribution in [0.1, 0.15) is 6.92 Å². The lowest BCUT2D eigenvalue weighted by atomic mass is 9.97. The molecular formula is C33H38O21. The molecule has 1 aromatic heterocycles.